The number of piperidine rings is 1. The number of fused-ring (bicyclic) bond motifs is 2. The van der Waals surface area contributed by atoms with Crippen molar-refractivity contribution < 1.29 is 4.79 Å². The maximum absolute atomic E-state index is 13.3. The molecule has 1 N–H and O–H groups in total. The van der Waals surface area contributed by atoms with E-state index in [-0.39, 0.29) is 11.5 Å². The van der Waals surface area contributed by atoms with E-state index < -0.39 is 0 Å². The molecule has 4 heterocycles. The van der Waals surface area contributed by atoms with Gasteiger partial charge >= 0.3 is 0 Å². The van der Waals surface area contributed by atoms with Crippen LogP contribution in [0.5, 0.6) is 0 Å². The molecule has 2 aliphatic heterocycles. The highest BCUT2D eigenvalue weighted by Gasteiger charge is 2.50. The monoisotopic (exact) mass is 395 g/mol. The van der Waals surface area contributed by atoms with Crippen molar-refractivity contribution in [3.63, 3.8) is 0 Å². The van der Waals surface area contributed by atoms with E-state index in [1.165, 1.54) is 12.1 Å². The molecule has 1 saturated carbocycles. The van der Waals surface area contributed by atoms with Crippen LogP contribution in [0.1, 0.15) is 43.5 Å². The first-order valence-corrected chi connectivity index (χ1v) is 10.7. The Labute approximate surface area is 171 Å². The van der Waals surface area contributed by atoms with Gasteiger partial charge in [-0.25, -0.2) is 15.0 Å². The van der Waals surface area contributed by atoms with Crippen molar-refractivity contribution in [2.75, 3.05) is 43.5 Å². The lowest BCUT2D eigenvalue weighted by atomic mass is 9.76. The van der Waals surface area contributed by atoms with E-state index in [0.717, 1.165) is 69.1 Å². The Balaban J connectivity index is 1.45. The van der Waals surface area contributed by atoms with Gasteiger partial charge in [0.05, 0.1) is 17.6 Å². The molecule has 1 aliphatic carbocycles. The lowest BCUT2D eigenvalue weighted by Gasteiger charge is -2.52. The number of imidazole rings is 1. The van der Waals surface area contributed by atoms with E-state index in [1.54, 1.807) is 18.7 Å². The number of nitrogens with zero attached hydrogens (tertiary/aromatic N) is 6. The molecule has 3 aliphatic rings. The number of nitrogens with one attached hydrogen (secondary N) is 1. The van der Waals surface area contributed by atoms with Crippen molar-refractivity contribution in [3.8, 4) is 0 Å². The number of carbonyl (C=O) groups excluding carboxylic acids is 1. The van der Waals surface area contributed by atoms with Gasteiger partial charge in [-0.05, 0) is 25.7 Å². The van der Waals surface area contributed by atoms with E-state index >= 15 is 0 Å². The summed E-state index contributed by atoms with van der Waals surface area (Å²) >= 11 is 0. The zero-order valence-corrected chi connectivity index (χ0v) is 17.3. The predicted molar refractivity (Wildman–Crippen MR) is 111 cm³/mol. The zero-order chi connectivity index (χ0) is 20.0. The normalized spacial score (nSPS) is 21.0. The lowest BCUT2D eigenvalue weighted by molar-refractivity contribution is -0.147. The van der Waals surface area contributed by atoms with Gasteiger partial charge in [0, 0.05) is 64.2 Å². The Hall–Kier alpha value is -2.64. The number of anilines is 2. The Morgan fingerprint density at radius 1 is 1.14 bits per heavy atom. The average molecular weight is 396 g/mol. The first-order chi connectivity index (χ1) is 14.1. The summed E-state index contributed by atoms with van der Waals surface area (Å²) in [5.74, 6) is 2.36. The Bertz CT molecular complexity index is 896. The fourth-order valence-electron chi connectivity index (χ4n) is 5.13. The van der Waals surface area contributed by atoms with Crippen molar-refractivity contribution in [1.29, 1.82) is 0 Å². The summed E-state index contributed by atoms with van der Waals surface area (Å²) in [6.07, 6.45) is 11.1. The zero-order valence-electron chi connectivity index (χ0n) is 17.3. The molecule has 1 spiro atoms. The van der Waals surface area contributed by atoms with Crippen LogP contribution in [0.3, 0.4) is 0 Å². The molecule has 2 aromatic rings. The van der Waals surface area contributed by atoms with Gasteiger partial charge in [0.25, 0.3) is 0 Å². The topological polar surface area (TPSA) is 81.2 Å². The predicted octanol–water partition coefficient (Wildman–Crippen LogP) is 1.95. The minimum absolute atomic E-state index is 0.214. The number of rotatable bonds is 3. The molecule has 154 valence electrons. The van der Waals surface area contributed by atoms with Gasteiger partial charge in [0.2, 0.25) is 5.91 Å². The van der Waals surface area contributed by atoms with Crippen LogP contribution in [0.15, 0.2) is 18.7 Å². The standard InChI is InChI=1S/C21H29N7O/c1-26(2)18-19(23-10-9-22-18)27-12-7-21(8-13-27)17-16(24-14-25-17)6-11-28(21)20(29)15-4-3-5-15/h9-10,14-15H,3-8,11-13H2,1-2H3,(H,24,25). The Morgan fingerprint density at radius 3 is 2.59 bits per heavy atom. The molecule has 0 aromatic carbocycles. The smallest absolute Gasteiger partial charge is 0.226 e. The third kappa shape index (κ3) is 2.88. The van der Waals surface area contributed by atoms with Crippen molar-refractivity contribution >= 4 is 17.5 Å². The van der Waals surface area contributed by atoms with Crippen LogP contribution in [0.25, 0.3) is 0 Å². The van der Waals surface area contributed by atoms with Crippen molar-refractivity contribution in [3.05, 3.63) is 30.1 Å². The Morgan fingerprint density at radius 2 is 1.90 bits per heavy atom. The van der Waals surface area contributed by atoms with Crippen LogP contribution in [-0.4, -0.2) is 64.5 Å². The van der Waals surface area contributed by atoms with E-state index in [4.69, 9.17) is 4.98 Å². The molecule has 0 radical (unpaired) electrons. The second kappa shape index (κ2) is 7.00. The van der Waals surface area contributed by atoms with Crippen molar-refractivity contribution in [1.82, 2.24) is 24.8 Å². The van der Waals surface area contributed by atoms with Crippen LogP contribution in [-0.2, 0) is 16.8 Å². The van der Waals surface area contributed by atoms with Crippen LogP contribution in [0.4, 0.5) is 11.6 Å². The molecule has 0 unspecified atom stereocenters. The molecule has 0 atom stereocenters. The molecule has 2 aromatic heterocycles. The van der Waals surface area contributed by atoms with E-state index in [9.17, 15) is 4.79 Å². The summed E-state index contributed by atoms with van der Waals surface area (Å²) < 4.78 is 0. The highest BCUT2D eigenvalue weighted by Crippen LogP contribution is 2.45. The summed E-state index contributed by atoms with van der Waals surface area (Å²) in [6, 6.07) is 0. The first-order valence-electron chi connectivity index (χ1n) is 10.7. The number of carbonyl (C=O) groups is 1. The minimum Gasteiger partial charge on any atom is -0.360 e. The average Bonchev–Trinajstić information content (AvgIpc) is 3.17. The van der Waals surface area contributed by atoms with E-state index in [2.05, 4.69) is 24.8 Å². The quantitative estimate of drug-likeness (QED) is 0.856. The fourth-order valence-corrected chi connectivity index (χ4v) is 5.13. The molecule has 1 saturated heterocycles. The summed E-state index contributed by atoms with van der Waals surface area (Å²) in [6.45, 7) is 2.46. The highest BCUT2D eigenvalue weighted by molar-refractivity contribution is 5.81. The molecule has 8 nitrogen and oxygen atoms in total. The maximum Gasteiger partial charge on any atom is 0.226 e. The van der Waals surface area contributed by atoms with Gasteiger partial charge in [-0.2, -0.15) is 0 Å². The summed E-state index contributed by atoms with van der Waals surface area (Å²) in [5, 5.41) is 0. The molecule has 0 bridgehead atoms. The molecule has 5 rings (SSSR count). The van der Waals surface area contributed by atoms with Gasteiger partial charge in [0.1, 0.15) is 0 Å². The number of aromatic amines is 1. The molecular weight excluding hydrogens is 366 g/mol. The summed E-state index contributed by atoms with van der Waals surface area (Å²) in [5.41, 5.74) is 1.99. The van der Waals surface area contributed by atoms with Gasteiger partial charge in [-0.15, -0.1) is 0 Å². The van der Waals surface area contributed by atoms with Crippen LogP contribution < -0.4 is 9.80 Å². The summed E-state index contributed by atoms with van der Waals surface area (Å²) in [4.78, 5) is 37.0. The number of hydrogen-bond donors (Lipinski definition) is 1. The van der Waals surface area contributed by atoms with Crippen molar-refractivity contribution in [2.24, 2.45) is 5.92 Å². The molecule has 29 heavy (non-hydrogen) atoms. The van der Waals surface area contributed by atoms with Crippen LogP contribution in [0, 0.1) is 5.92 Å². The number of aromatic nitrogens is 4. The van der Waals surface area contributed by atoms with Gasteiger partial charge < -0.3 is 19.7 Å². The second-order valence-electron chi connectivity index (χ2n) is 8.71. The molecule has 2 fully saturated rings. The molecule has 8 heteroatoms. The van der Waals surface area contributed by atoms with Gasteiger partial charge in [-0.1, -0.05) is 6.42 Å². The molecule has 1 amide bonds. The second-order valence-corrected chi connectivity index (χ2v) is 8.71. The fraction of sp³-hybridized carbons (Fsp3) is 0.619. The lowest BCUT2D eigenvalue weighted by Crippen LogP contribution is -2.60. The molecular formula is C21H29N7O. The first kappa shape index (κ1) is 18.4. The number of amides is 1. The third-order valence-electron chi connectivity index (χ3n) is 6.96. The van der Waals surface area contributed by atoms with Gasteiger partial charge in [-0.3, -0.25) is 4.79 Å². The number of H-pyrrole nitrogens is 1. The van der Waals surface area contributed by atoms with Crippen molar-refractivity contribution in [2.45, 2.75) is 44.1 Å². The highest BCUT2D eigenvalue weighted by atomic mass is 16.2. The Kier molecular flexibility index (Phi) is 4.44. The van der Waals surface area contributed by atoms with Crippen LogP contribution >= 0.6 is 0 Å². The SMILES string of the molecule is CN(C)c1nccnc1N1CCC2(CC1)c1nc[nH]c1CCN2C(=O)C1CCC1. The van der Waals surface area contributed by atoms with E-state index in [0.29, 0.717) is 5.91 Å². The minimum atomic E-state index is -0.294. The van der Waals surface area contributed by atoms with Crippen LogP contribution in [0.2, 0.25) is 0 Å². The van der Waals surface area contributed by atoms with Gasteiger partial charge in [0.15, 0.2) is 11.6 Å². The largest absolute Gasteiger partial charge is 0.360 e. The maximum atomic E-state index is 13.3. The van der Waals surface area contributed by atoms with E-state index in [1.807, 2.05) is 19.0 Å². The number of hydrogen-bond acceptors (Lipinski definition) is 6. The third-order valence-corrected chi connectivity index (χ3v) is 6.96. The summed E-state index contributed by atoms with van der Waals surface area (Å²) in [7, 11) is 3.99.